The van der Waals surface area contributed by atoms with Gasteiger partial charge in [0.15, 0.2) is 0 Å². The van der Waals surface area contributed by atoms with Crippen LogP contribution in [0, 0.1) is 0 Å². The zero-order valence-electron chi connectivity index (χ0n) is 2.11. The van der Waals surface area contributed by atoms with E-state index in [-0.39, 0.29) is 0 Å². The van der Waals surface area contributed by atoms with Crippen molar-refractivity contribution in [2.45, 2.75) is 0 Å². The Bertz CT molecular complexity index is 44.0. The van der Waals surface area contributed by atoms with Crippen molar-refractivity contribution in [2.75, 3.05) is 0 Å². The summed E-state index contributed by atoms with van der Waals surface area (Å²) in [4.78, 5) is 0. The van der Waals surface area contributed by atoms with Gasteiger partial charge in [-0.05, 0) is 0 Å². The van der Waals surface area contributed by atoms with Gasteiger partial charge in [0.1, 0.15) is 0 Å². The van der Waals surface area contributed by atoms with Crippen LogP contribution in [-0.2, 0) is 0 Å². The quantitative estimate of drug-likeness (QED) is 0.428. The number of rotatable bonds is 0. The van der Waals surface area contributed by atoms with Gasteiger partial charge in [0.25, 0.3) is 0 Å². The first kappa shape index (κ1) is 2.88. The molecule has 1 heterocycles. The minimum absolute atomic E-state index is 1.01. The van der Waals surface area contributed by atoms with Crippen molar-refractivity contribution in [3.8, 4) is 0 Å². The fourth-order valence-corrected chi connectivity index (χ4v) is 3.40. The van der Waals surface area contributed by atoms with E-state index >= 15 is 0 Å². The van der Waals surface area contributed by atoms with Crippen LogP contribution in [0.25, 0.3) is 0 Å². The predicted molar refractivity (Wildman–Crippen MR) is 20.7 cm³/mol. The van der Waals surface area contributed by atoms with E-state index in [0.717, 1.165) is 0 Å². The molecule has 0 radical (unpaired) electrons. The van der Waals surface area contributed by atoms with Gasteiger partial charge in [-0.25, -0.2) is 0 Å². The molecule has 0 aromatic carbocycles. The average Bonchev–Trinajstić information content (AvgIpc) is 1.75. The molecule has 0 amide bonds. The molecule has 1 rings (SSSR count). The molecule has 0 aromatic heterocycles. The van der Waals surface area contributed by atoms with E-state index in [9.17, 15) is 0 Å². The molecule has 0 N–H and O–H groups in total. The van der Waals surface area contributed by atoms with E-state index < -0.39 is 15.2 Å². The second kappa shape index (κ2) is 0.812. The molecule has 20 valence electrons. The molecule has 0 nitrogen and oxygen atoms in total. The summed E-state index contributed by atoms with van der Waals surface area (Å²) in [6, 6.07) is 0. The normalized spacial score (nSPS) is 17.8. The molecule has 0 fully saturated rings. The molecular formula is C2H2ClGa. The van der Waals surface area contributed by atoms with Crippen molar-refractivity contribution in [1.29, 1.82) is 0 Å². The summed E-state index contributed by atoms with van der Waals surface area (Å²) in [6.07, 6.45) is 0. The van der Waals surface area contributed by atoms with Crippen molar-refractivity contribution < 1.29 is 0 Å². The third kappa shape index (κ3) is 0.551. The van der Waals surface area contributed by atoms with Gasteiger partial charge in [-0.1, -0.05) is 0 Å². The van der Waals surface area contributed by atoms with E-state index in [1.807, 2.05) is 0 Å². The van der Waals surface area contributed by atoms with Crippen LogP contribution in [0.15, 0.2) is 9.26 Å². The molecule has 0 aromatic rings. The van der Waals surface area contributed by atoms with Crippen molar-refractivity contribution >= 4 is 24.9 Å². The molecule has 0 saturated heterocycles. The van der Waals surface area contributed by atoms with E-state index in [4.69, 9.17) is 9.64 Å². The molecular weight excluding hydrogens is 129 g/mol. The average molecular weight is 131 g/mol. The van der Waals surface area contributed by atoms with Crippen molar-refractivity contribution in [3.63, 3.8) is 0 Å². The van der Waals surface area contributed by atoms with Crippen molar-refractivity contribution in [3.05, 3.63) is 9.26 Å². The number of halogens is 1. The molecule has 0 bridgehead atoms. The first-order valence-corrected chi connectivity index (χ1v) is 7.20. The van der Waals surface area contributed by atoms with E-state index in [2.05, 4.69) is 9.26 Å². The summed E-state index contributed by atoms with van der Waals surface area (Å²) in [5, 5.41) is 0. The summed E-state index contributed by atoms with van der Waals surface area (Å²) < 4.78 is 4.24. The molecule has 0 aliphatic carbocycles. The second-order valence-corrected chi connectivity index (χ2v) is 6.93. The summed E-state index contributed by atoms with van der Waals surface area (Å²) in [5.41, 5.74) is 0. The first-order valence-electron chi connectivity index (χ1n) is 1.22. The third-order valence-corrected chi connectivity index (χ3v) is 3.27. The fourth-order valence-electron chi connectivity index (χ4n) is 0.0420. The Morgan fingerprint density at radius 1 is 1.50 bits per heavy atom. The van der Waals surface area contributed by atoms with Gasteiger partial charge < -0.3 is 0 Å². The van der Waals surface area contributed by atoms with E-state index in [0.29, 0.717) is 0 Å². The molecule has 0 spiro atoms. The number of hydrogen-bond donors (Lipinski definition) is 0. The Morgan fingerprint density at radius 2 is 1.75 bits per heavy atom. The minimum atomic E-state index is -1.01. The molecule has 0 saturated carbocycles. The second-order valence-electron chi connectivity index (χ2n) is 0.829. The van der Waals surface area contributed by atoms with Gasteiger partial charge >= 0.3 is 34.1 Å². The first-order chi connectivity index (χ1) is 1.89. The predicted octanol–water partition coefficient (Wildman–Crippen LogP) is 0.865. The van der Waals surface area contributed by atoms with Gasteiger partial charge in [0.2, 0.25) is 0 Å². The van der Waals surface area contributed by atoms with Gasteiger partial charge in [-0.3, -0.25) is 0 Å². The van der Waals surface area contributed by atoms with Crippen LogP contribution < -0.4 is 0 Å². The Hall–Kier alpha value is 0.666. The van der Waals surface area contributed by atoms with Gasteiger partial charge in [-0.15, -0.1) is 0 Å². The fraction of sp³-hybridized carbons (Fsp3) is 0. The third-order valence-electron chi connectivity index (χ3n) is 0.338. The molecule has 2 heteroatoms. The van der Waals surface area contributed by atoms with Crippen LogP contribution in [0.4, 0.5) is 0 Å². The topological polar surface area (TPSA) is 0 Å². The molecule has 0 atom stereocenters. The molecule has 1 aliphatic rings. The Kier molecular flexibility index (Phi) is 0.585. The van der Waals surface area contributed by atoms with Crippen LogP contribution >= 0.6 is 9.64 Å². The Balaban J connectivity index is 2.32. The summed E-state index contributed by atoms with van der Waals surface area (Å²) in [7, 11) is 5.46. The zero-order chi connectivity index (χ0) is 2.99. The van der Waals surface area contributed by atoms with E-state index in [1.165, 1.54) is 0 Å². The monoisotopic (exact) mass is 130 g/mol. The van der Waals surface area contributed by atoms with E-state index in [1.54, 1.807) is 0 Å². The number of hydrogen-bond acceptors (Lipinski definition) is 0. The SMILES string of the molecule is [Cl][Ga]1[CH]=[CH]1. The molecule has 4 heavy (non-hydrogen) atoms. The van der Waals surface area contributed by atoms with Crippen LogP contribution in [0.2, 0.25) is 0 Å². The molecule has 0 unspecified atom stereocenters. The zero-order valence-corrected chi connectivity index (χ0v) is 5.29. The van der Waals surface area contributed by atoms with Crippen LogP contribution in [-0.4, -0.2) is 15.2 Å². The maximum atomic E-state index is 5.46. The Labute approximate surface area is 34.5 Å². The van der Waals surface area contributed by atoms with Crippen molar-refractivity contribution in [2.24, 2.45) is 0 Å². The van der Waals surface area contributed by atoms with Crippen molar-refractivity contribution in [1.82, 2.24) is 0 Å². The standard InChI is InChI=1S/C2H2.ClH.Ga/c1-2;;/h1-2H;1H;/q;;+1/p-1. The maximum absolute atomic E-state index is 5.46. The van der Waals surface area contributed by atoms with Crippen LogP contribution in [0.3, 0.4) is 0 Å². The summed E-state index contributed by atoms with van der Waals surface area (Å²) in [6.45, 7) is 0. The summed E-state index contributed by atoms with van der Waals surface area (Å²) >= 11 is -1.01. The van der Waals surface area contributed by atoms with Gasteiger partial charge in [-0.2, -0.15) is 0 Å². The van der Waals surface area contributed by atoms with Gasteiger partial charge in [0, 0.05) is 0 Å². The Morgan fingerprint density at radius 3 is 1.75 bits per heavy atom. The van der Waals surface area contributed by atoms with Gasteiger partial charge in [0.05, 0.1) is 0 Å². The van der Waals surface area contributed by atoms with Crippen LogP contribution in [0.1, 0.15) is 0 Å². The summed E-state index contributed by atoms with van der Waals surface area (Å²) in [5.74, 6) is 0. The molecule has 1 aliphatic heterocycles. The van der Waals surface area contributed by atoms with Crippen LogP contribution in [0.5, 0.6) is 0 Å².